The van der Waals surface area contributed by atoms with Gasteiger partial charge in [-0.2, -0.15) is 0 Å². The molecule has 4 rings (SSSR count). The molecule has 144 valence electrons. The molecule has 0 unspecified atom stereocenters. The van der Waals surface area contributed by atoms with E-state index in [2.05, 4.69) is 4.99 Å². The van der Waals surface area contributed by atoms with Crippen molar-refractivity contribution in [3.8, 4) is 17.3 Å². The van der Waals surface area contributed by atoms with Crippen molar-refractivity contribution >= 4 is 22.7 Å². The number of hydrogen-bond acceptors (Lipinski definition) is 4. The molecule has 0 amide bonds. The third kappa shape index (κ3) is 3.50. The highest BCUT2D eigenvalue weighted by Gasteiger charge is 2.17. The average molecular weight is 384 g/mol. The van der Waals surface area contributed by atoms with Gasteiger partial charge in [-0.05, 0) is 49.4 Å². The van der Waals surface area contributed by atoms with Crippen molar-refractivity contribution < 1.29 is 9.84 Å². The minimum Gasteiger partial charge on any atom is -0.497 e. The van der Waals surface area contributed by atoms with E-state index >= 15 is 0 Å². The van der Waals surface area contributed by atoms with Crippen molar-refractivity contribution in [3.63, 3.8) is 0 Å². The SMILES string of the molecule is COc1ccc2c(C=Nc3ccccc3)c(O)n(-c3ccc(C)cc3)c(=O)c2c1. The summed E-state index contributed by atoms with van der Waals surface area (Å²) >= 11 is 0. The van der Waals surface area contributed by atoms with Gasteiger partial charge in [0.15, 0.2) is 0 Å². The number of ether oxygens (including phenoxy) is 1. The zero-order valence-corrected chi connectivity index (χ0v) is 16.2. The predicted octanol–water partition coefficient (Wildman–Crippen LogP) is 4.76. The predicted molar refractivity (Wildman–Crippen MR) is 116 cm³/mol. The maximum absolute atomic E-state index is 13.2. The summed E-state index contributed by atoms with van der Waals surface area (Å²) in [6.07, 6.45) is 1.59. The Morgan fingerprint density at radius 1 is 0.966 bits per heavy atom. The van der Waals surface area contributed by atoms with Gasteiger partial charge in [-0.15, -0.1) is 0 Å². The Kier molecular flexibility index (Phi) is 4.87. The molecule has 0 aliphatic rings. The number of rotatable bonds is 4. The largest absolute Gasteiger partial charge is 0.497 e. The molecule has 1 aromatic heterocycles. The lowest BCUT2D eigenvalue weighted by atomic mass is 10.1. The van der Waals surface area contributed by atoms with E-state index in [0.717, 1.165) is 11.3 Å². The van der Waals surface area contributed by atoms with E-state index in [1.54, 1.807) is 43.7 Å². The number of hydrogen-bond donors (Lipinski definition) is 1. The van der Waals surface area contributed by atoms with E-state index in [1.807, 2.05) is 49.4 Å². The Labute approximate surface area is 168 Å². The van der Waals surface area contributed by atoms with E-state index in [4.69, 9.17) is 4.74 Å². The lowest BCUT2D eigenvalue weighted by Crippen LogP contribution is -2.20. The maximum Gasteiger partial charge on any atom is 0.265 e. The van der Waals surface area contributed by atoms with E-state index in [0.29, 0.717) is 27.8 Å². The number of aliphatic imine (C=N–C) groups is 1. The third-order valence-electron chi connectivity index (χ3n) is 4.79. The Morgan fingerprint density at radius 3 is 2.38 bits per heavy atom. The number of fused-ring (bicyclic) bond motifs is 1. The Morgan fingerprint density at radius 2 is 1.69 bits per heavy atom. The van der Waals surface area contributed by atoms with Crippen LogP contribution in [-0.2, 0) is 0 Å². The molecule has 5 nitrogen and oxygen atoms in total. The number of aryl methyl sites for hydroxylation is 1. The quantitative estimate of drug-likeness (QED) is 0.516. The number of aromatic nitrogens is 1. The topological polar surface area (TPSA) is 63.8 Å². The highest BCUT2D eigenvalue weighted by molar-refractivity contribution is 6.02. The van der Waals surface area contributed by atoms with Gasteiger partial charge in [-0.3, -0.25) is 9.79 Å². The standard InChI is InChI=1S/C24H20N2O3/c1-16-8-10-18(11-9-16)26-23(27)21-14-19(29-2)12-13-20(21)22(24(26)28)15-25-17-6-4-3-5-7-17/h3-15,28H,1-2H3. The first kappa shape index (κ1) is 18.5. The van der Waals surface area contributed by atoms with Gasteiger partial charge in [0.25, 0.3) is 5.56 Å². The van der Waals surface area contributed by atoms with Crippen LogP contribution in [0.2, 0.25) is 0 Å². The number of para-hydroxylation sites is 1. The second kappa shape index (κ2) is 7.64. The molecule has 0 fully saturated rings. The minimum atomic E-state index is -0.322. The van der Waals surface area contributed by atoms with Crippen LogP contribution in [0, 0.1) is 6.92 Å². The average Bonchev–Trinajstić information content (AvgIpc) is 2.75. The summed E-state index contributed by atoms with van der Waals surface area (Å²) in [5, 5.41) is 12.1. The summed E-state index contributed by atoms with van der Waals surface area (Å²) in [5.74, 6) is 0.415. The Hall–Kier alpha value is -3.86. The van der Waals surface area contributed by atoms with Gasteiger partial charge in [0, 0.05) is 11.6 Å². The van der Waals surface area contributed by atoms with Gasteiger partial charge < -0.3 is 9.84 Å². The van der Waals surface area contributed by atoms with E-state index in [-0.39, 0.29) is 11.4 Å². The number of benzene rings is 3. The Balaban J connectivity index is 2.01. The van der Waals surface area contributed by atoms with Crippen LogP contribution in [0.5, 0.6) is 11.6 Å². The fraction of sp³-hybridized carbons (Fsp3) is 0.0833. The van der Waals surface area contributed by atoms with Crippen LogP contribution >= 0.6 is 0 Å². The highest BCUT2D eigenvalue weighted by atomic mass is 16.5. The summed E-state index contributed by atoms with van der Waals surface area (Å²) in [4.78, 5) is 17.7. The highest BCUT2D eigenvalue weighted by Crippen LogP contribution is 2.29. The molecule has 29 heavy (non-hydrogen) atoms. The lowest BCUT2D eigenvalue weighted by Gasteiger charge is -2.14. The minimum absolute atomic E-state index is 0.156. The molecule has 0 radical (unpaired) electrons. The molecular weight excluding hydrogens is 364 g/mol. The monoisotopic (exact) mass is 384 g/mol. The van der Waals surface area contributed by atoms with Gasteiger partial charge in [0.05, 0.1) is 29.4 Å². The summed E-state index contributed by atoms with van der Waals surface area (Å²) in [5.41, 5.74) is 2.54. The molecule has 0 saturated heterocycles. The maximum atomic E-state index is 13.2. The molecule has 0 aliphatic carbocycles. The van der Waals surface area contributed by atoms with E-state index in [1.165, 1.54) is 4.57 Å². The van der Waals surface area contributed by atoms with Crippen molar-refractivity contribution in [3.05, 3.63) is 94.3 Å². The summed E-state index contributed by atoms with van der Waals surface area (Å²) < 4.78 is 6.59. The van der Waals surface area contributed by atoms with Crippen LogP contribution in [-0.4, -0.2) is 23.0 Å². The van der Waals surface area contributed by atoms with Gasteiger partial charge >= 0.3 is 0 Å². The molecule has 0 saturated carbocycles. The van der Waals surface area contributed by atoms with E-state index < -0.39 is 0 Å². The number of aromatic hydroxyl groups is 1. The normalized spacial score (nSPS) is 11.2. The smallest absolute Gasteiger partial charge is 0.265 e. The van der Waals surface area contributed by atoms with Crippen molar-refractivity contribution in [1.29, 1.82) is 0 Å². The second-order valence-electron chi connectivity index (χ2n) is 6.72. The van der Waals surface area contributed by atoms with Crippen LogP contribution < -0.4 is 10.3 Å². The molecule has 0 bridgehead atoms. The summed E-state index contributed by atoms with van der Waals surface area (Å²) in [6.45, 7) is 1.97. The fourth-order valence-corrected chi connectivity index (χ4v) is 3.23. The molecule has 1 heterocycles. The van der Waals surface area contributed by atoms with Crippen molar-refractivity contribution in [2.45, 2.75) is 6.92 Å². The first-order chi connectivity index (χ1) is 14.1. The van der Waals surface area contributed by atoms with Crippen LogP contribution in [0.25, 0.3) is 16.5 Å². The van der Waals surface area contributed by atoms with Gasteiger partial charge in [0.2, 0.25) is 5.88 Å². The zero-order valence-electron chi connectivity index (χ0n) is 16.2. The van der Waals surface area contributed by atoms with Gasteiger partial charge in [-0.25, -0.2) is 4.57 Å². The van der Waals surface area contributed by atoms with Crippen LogP contribution in [0.15, 0.2) is 82.6 Å². The van der Waals surface area contributed by atoms with Crippen molar-refractivity contribution in [1.82, 2.24) is 4.57 Å². The molecule has 1 N–H and O–H groups in total. The zero-order chi connectivity index (χ0) is 20.4. The molecule has 5 heteroatoms. The molecule has 4 aromatic rings. The van der Waals surface area contributed by atoms with Crippen molar-refractivity contribution in [2.75, 3.05) is 7.11 Å². The molecule has 0 aliphatic heterocycles. The summed E-state index contributed by atoms with van der Waals surface area (Å²) in [6, 6.07) is 22.1. The number of pyridine rings is 1. The molecule has 0 spiro atoms. The number of nitrogens with zero attached hydrogens (tertiary/aromatic N) is 2. The molecule has 3 aromatic carbocycles. The van der Waals surface area contributed by atoms with Crippen LogP contribution in [0.3, 0.4) is 0 Å². The van der Waals surface area contributed by atoms with E-state index in [9.17, 15) is 9.90 Å². The van der Waals surface area contributed by atoms with Gasteiger partial charge in [-0.1, -0.05) is 35.9 Å². The molecule has 0 atom stereocenters. The second-order valence-corrected chi connectivity index (χ2v) is 6.72. The first-order valence-electron chi connectivity index (χ1n) is 9.20. The summed E-state index contributed by atoms with van der Waals surface area (Å²) in [7, 11) is 1.55. The van der Waals surface area contributed by atoms with Crippen LogP contribution in [0.4, 0.5) is 5.69 Å². The van der Waals surface area contributed by atoms with Crippen LogP contribution in [0.1, 0.15) is 11.1 Å². The fourth-order valence-electron chi connectivity index (χ4n) is 3.23. The van der Waals surface area contributed by atoms with Crippen molar-refractivity contribution in [2.24, 2.45) is 4.99 Å². The third-order valence-corrected chi connectivity index (χ3v) is 4.79. The first-order valence-corrected chi connectivity index (χ1v) is 9.20. The lowest BCUT2D eigenvalue weighted by molar-refractivity contribution is 0.415. The number of methoxy groups -OCH3 is 1. The van der Waals surface area contributed by atoms with Gasteiger partial charge in [0.1, 0.15) is 5.75 Å². The molecular formula is C24H20N2O3. The Bertz CT molecular complexity index is 1260.